The smallest absolute Gasteiger partial charge is 0.382 e. The van der Waals surface area contributed by atoms with Gasteiger partial charge in [0, 0.05) is 6.07 Å². The van der Waals surface area contributed by atoms with E-state index in [4.69, 9.17) is 16.4 Å². The highest BCUT2D eigenvalue weighted by molar-refractivity contribution is 6.31. The summed E-state index contributed by atoms with van der Waals surface area (Å²) in [5.74, 6) is 0.196. The van der Waals surface area contributed by atoms with Crippen LogP contribution in [0.3, 0.4) is 0 Å². The number of halogens is 4. The normalized spacial score (nSPS) is 11.2. The number of para-hydroxylation sites is 1. The number of nitrogens with one attached hydrogen (secondary N) is 1. The first-order valence-electron chi connectivity index (χ1n) is 5.31. The first kappa shape index (κ1) is 13.5. The lowest BCUT2D eigenvalue weighted by Crippen LogP contribution is -2.07. The van der Waals surface area contributed by atoms with E-state index < -0.39 is 16.8 Å². The number of hydrogen-bond acceptors (Lipinski definition) is 2. The van der Waals surface area contributed by atoms with Crippen LogP contribution in [0.2, 0.25) is 5.02 Å². The molecule has 0 fully saturated rings. The third kappa shape index (κ3) is 3.54. The standard InChI is InChI=1S/C13H9ClF3NO/c14-12-8-10(6-7-11(12)13(15,16)17)19-18-9-4-2-1-3-5-9/h1-8,18H. The number of hydrogen-bond donors (Lipinski definition) is 1. The van der Waals surface area contributed by atoms with Crippen molar-refractivity contribution in [2.75, 3.05) is 5.48 Å². The van der Waals surface area contributed by atoms with Gasteiger partial charge >= 0.3 is 6.18 Å². The molecule has 2 aromatic rings. The van der Waals surface area contributed by atoms with Crippen molar-refractivity contribution in [2.24, 2.45) is 0 Å². The summed E-state index contributed by atoms with van der Waals surface area (Å²) in [6, 6.07) is 12.1. The summed E-state index contributed by atoms with van der Waals surface area (Å²) < 4.78 is 37.5. The average Bonchev–Trinajstić information content (AvgIpc) is 2.36. The highest BCUT2D eigenvalue weighted by atomic mass is 35.5. The Morgan fingerprint density at radius 2 is 1.68 bits per heavy atom. The van der Waals surface area contributed by atoms with Crippen LogP contribution < -0.4 is 10.3 Å². The van der Waals surface area contributed by atoms with Gasteiger partial charge in [-0.25, -0.2) is 5.48 Å². The second-order valence-electron chi connectivity index (χ2n) is 3.71. The topological polar surface area (TPSA) is 21.3 Å². The first-order valence-corrected chi connectivity index (χ1v) is 5.69. The van der Waals surface area contributed by atoms with Gasteiger partial charge in [-0.15, -0.1) is 0 Å². The Balaban J connectivity index is 2.09. The second-order valence-corrected chi connectivity index (χ2v) is 4.12. The van der Waals surface area contributed by atoms with Gasteiger partial charge in [-0.3, -0.25) is 0 Å². The van der Waals surface area contributed by atoms with Gasteiger partial charge in [-0.2, -0.15) is 13.2 Å². The Morgan fingerprint density at radius 3 is 2.26 bits per heavy atom. The van der Waals surface area contributed by atoms with Crippen molar-refractivity contribution in [1.82, 2.24) is 0 Å². The predicted molar refractivity (Wildman–Crippen MR) is 67.1 cm³/mol. The zero-order chi connectivity index (χ0) is 13.9. The number of rotatable bonds is 3. The molecule has 0 saturated heterocycles. The van der Waals surface area contributed by atoms with Crippen molar-refractivity contribution in [1.29, 1.82) is 0 Å². The maximum atomic E-state index is 12.5. The molecule has 2 rings (SSSR count). The molecular weight excluding hydrogens is 279 g/mol. The van der Waals surface area contributed by atoms with E-state index in [0.29, 0.717) is 5.69 Å². The molecular formula is C13H9ClF3NO. The Morgan fingerprint density at radius 1 is 1.00 bits per heavy atom. The lowest BCUT2D eigenvalue weighted by atomic mass is 10.2. The van der Waals surface area contributed by atoms with Crippen molar-refractivity contribution in [2.45, 2.75) is 6.18 Å². The average molecular weight is 288 g/mol. The second kappa shape index (κ2) is 5.40. The lowest BCUT2D eigenvalue weighted by Gasteiger charge is -2.11. The molecule has 0 aliphatic heterocycles. The van der Waals surface area contributed by atoms with Crippen molar-refractivity contribution >= 4 is 17.3 Å². The molecule has 0 aromatic heterocycles. The summed E-state index contributed by atoms with van der Waals surface area (Å²) in [4.78, 5) is 5.14. The van der Waals surface area contributed by atoms with Crippen LogP contribution in [-0.4, -0.2) is 0 Å². The zero-order valence-electron chi connectivity index (χ0n) is 9.54. The van der Waals surface area contributed by atoms with Crippen LogP contribution in [0.4, 0.5) is 18.9 Å². The summed E-state index contributed by atoms with van der Waals surface area (Å²) in [6.07, 6.45) is -4.47. The monoisotopic (exact) mass is 287 g/mol. The highest BCUT2D eigenvalue weighted by Gasteiger charge is 2.33. The van der Waals surface area contributed by atoms with Crippen LogP contribution in [0.1, 0.15) is 5.56 Å². The molecule has 19 heavy (non-hydrogen) atoms. The van der Waals surface area contributed by atoms with Gasteiger partial charge in [0.15, 0.2) is 5.75 Å². The summed E-state index contributed by atoms with van der Waals surface area (Å²) in [7, 11) is 0. The summed E-state index contributed by atoms with van der Waals surface area (Å²) in [5, 5.41) is -0.403. The molecule has 0 spiro atoms. The van der Waals surface area contributed by atoms with Crippen molar-refractivity contribution in [3.8, 4) is 5.75 Å². The van der Waals surface area contributed by atoms with Gasteiger partial charge in [-0.05, 0) is 24.3 Å². The summed E-state index contributed by atoms with van der Waals surface area (Å²) in [6.45, 7) is 0. The maximum absolute atomic E-state index is 12.5. The van der Waals surface area contributed by atoms with Gasteiger partial charge in [0.05, 0.1) is 16.3 Å². The minimum atomic E-state index is -4.47. The molecule has 0 radical (unpaired) electrons. The largest absolute Gasteiger partial charge is 0.417 e. The molecule has 2 aromatic carbocycles. The minimum Gasteiger partial charge on any atom is -0.382 e. The minimum absolute atomic E-state index is 0.196. The Bertz CT molecular complexity index is 558. The fourth-order valence-corrected chi connectivity index (χ4v) is 1.69. The number of benzene rings is 2. The Labute approximate surface area is 112 Å². The maximum Gasteiger partial charge on any atom is 0.417 e. The Hall–Kier alpha value is -1.88. The fourth-order valence-electron chi connectivity index (χ4n) is 1.41. The van der Waals surface area contributed by atoms with Gasteiger partial charge in [0.25, 0.3) is 0 Å². The molecule has 0 amide bonds. The lowest BCUT2D eigenvalue weighted by molar-refractivity contribution is -0.137. The van der Waals surface area contributed by atoms with Crippen LogP contribution in [0, 0.1) is 0 Å². The third-order valence-corrected chi connectivity index (χ3v) is 2.62. The molecule has 0 aliphatic carbocycles. The van der Waals surface area contributed by atoms with E-state index >= 15 is 0 Å². The van der Waals surface area contributed by atoms with Crippen LogP contribution in [-0.2, 0) is 6.18 Å². The molecule has 0 atom stereocenters. The fraction of sp³-hybridized carbons (Fsp3) is 0.0769. The SMILES string of the molecule is FC(F)(F)c1ccc(ONc2ccccc2)cc1Cl. The van der Waals surface area contributed by atoms with Gasteiger partial charge in [-0.1, -0.05) is 29.8 Å². The van der Waals surface area contributed by atoms with Crippen molar-refractivity contribution in [3.63, 3.8) is 0 Å². The molecule has 0 heterocycles. The van der Waals surface area contributed by atoms with E-state index in [2.05, 4.69) is 5.48 Å². The number of anilines is 1. The van der Waals surface area contributed by atoms with Gasteiger partial charge in [0.1, 0.15) is 0 Å². The van der Waals surface area contributed by atoms with E-state index in [1.165, 1.54) is 6.07 Å². The molecule has 1 N–H and O–H groups in total. The molecule has 0 aliphatic rings. The quantitative estimate of drug-likeness (QED) is 0.822. The number of alkyl halides is 3. The Kier molecular flexibility index (Phi) is 3.85. The summed E-state index contributed by atoms with van der Waals surface area (Å²) in [5.41, 5.74) is 2.40. The van der Waals surface area contributed by atoms with E-state index in [1.807, 2.05) is 6.07 Å². The third-order valence-electron chi connectivity index (χ3n) is 2.31. The summed E-state index contributed by atoms with van der Waals surface area (Å²) >= 11 is 5.57. The predicted octanol–water partition coefficient (Wildman–Crippen LogP) is 4.76. The molecule has 0 saturated carbocycles. The first-order chi connectivity index (χ1) is 8.97. The van der Waals surface area contributed by atoms with Crippen LogP contribution in [0.25, 0.3) is 0 Å². The van der Waals surface area contributed by atoms with Crippen molar-refractivity contribution < 1.29 is 18.0 Å². The molecule has 0 bridgehead atoms. The van der Waals surface area contributed by atoms with Crippen LogP contribution in [0.5, 0.6) is 5.75 Å². The van der Waals surface area contributed by atoms with Gasteiger partial charge in [0.2, 0.25) is 0 Å². The van der Waals surface area contributed by atoms with E-state index in [-0.39, 0.29) is 5.75 Å². The van der Waals surface area contributed by atoms with E-state index in [9.17, 15) is 13.2 Å². The van der Waals surface area contributed by atoms with Crippen LogP contribution >= 0.6 is 11.6 Å². The van der Waals surface area contributed by atoms with Gasteiger partial charge < -0.3 is 4.84 Å². The zero-order valence-corrected chi connectivity index (χ0v) is 10.3. The van der Waals surface area contributed by atoms with E-state index in [0.717, 1.165) is 12.1 Å². The highest BCUT2D eigenvalue weighted by Crippen LogP contribution is 2.36. The van der Waals surface area contributed by atoms with E-state index in [1.54, 1.807) is 24.3 Å². The van der Waals surface area contributed by atoms with Crippen LogP contribution in [0.15, 0.2) is 48.5 Å². The molecule has 2 nitrogen and oxygen atoms in total. The molecule has 100 valence electrons. The van der Waals surface area contributed by atoms with Crippen molar-refractivity contribution in [3.05, 3.63) is 59.1 Å². The molecule has 0 unspecified atom stereocenters. The molecule has 6 heteroatoms.